The molecule has 0 unspecified atom stereocenters. The summed E-state index contributed by atoms with van der Waals surface area (Å²) in [6.07, 6.45) is 6.48. The van der Waals surface area contributed by atoms with Gasteiger partial charge in [0.05, 0.1) is 0 Å². The maximum Gasteiger partial charge on any atom is 0.0119 e. The number of thioether (sulfide) groups is 1. The van der Waals surface area contributed by atoms with Crippen LogP contribution in [-0.4, -0.2) is 0 Å². The lowest BCUT2D eigenvalue weighted by atomic mass is 10.1. The van der Waals surface area contributed by atoms with Crippen molar-refractivity contribution in [2.75, 3.05) is 0 Å². The van der Waals surface area contributed by atoms with Crippen molar-refractivity contribution < 1.29 is 0 Å². The van der Waals surface area contributed by atoms with Gasteiger partial charge < -0.3 is 0 Å². The molecule has 2 heteroatoms. The van der Waals surface area contributed by atoms with Crippen molar-refractivity contribution in [3.8, 4) is 0 Å². The number of benzene rings is 1. The summed E-state index contributed by atoms with van der Waals surface area (Å²) < 4.78 is 0. The highest BCUT2D eigenvalue weighted by Gasteiger charge is 2.00. The van der Waals surface area contributed by atoms with Gasteiger partial charge in [-0.25, -0.2) is 0 Å². The molecule has 0 atom stereocenters. The normalized spacial score (nSPS) is 11.8. The molecule has 1 aromatic carbocycles. The Balaban J connectivity index is 2.39. The standard InChI is InChI=1S/C15H21BrS/c1-3-4-5-6-7-15(12-16)17-14-10-8-13(2)9-11-14/h8-12H,3-7H2,1-2H3/b15-12-. The molecule has 0 nitrogen and oxygen atoms in total. The minimum Gasteiger partial charge on any atom is -0.0940 e. The maximum atomic E-state index is 3.47. The zero-order chi connectivity index (χ0) is 12.5. The minimum absolute atomic E-state index is 1.18. The molecule has 0 fully saturated rings. The van der Waals surface area contributed by atoms with Gasteiger partial charge >= 0.3 is 0 Å². The number of hydrogen-bond acceptors (Lipinski definition) is 1. The van der Waals surface area contributed by atoms with E-state index in [0.29, 0.717) is 0 Å². The van der Waals surface area contributed by atoms with Crippen molar-refractivity contribution in [1.29, 1.82) is 0 Å². The summed E-state index contributed by atoms with van der Waals surface area (Å²) in [5, 5.41) is 0. The van der Waals surface area contributed by atoms with Gasteiger partial charge in [-0.3, -0.25) is 0 Å². The largest absolute Gasteiger partial charge is 0.0940 e. The Morgan fingerprint density at radius 2 is 1.88 bits per heavy atom. The van der Waals surface area contributed by atoms with E-state index in [9.17, 15) is 0 Å². The third-order valence-electron chi connectivity index (χ3n) is 2.67. The first-order valence-electron chi connectivity index (χ1n) is 6.30. The van der Waals surface area contributed by atoms with E-state index >= 15 is 0 Å². The van der Waals surface area contributed by atoms with E-state index in [0.717, 1.165) is 0 Å². The van der Waals surface area contributed by atoms with Crippen LogP contribution < -0.4 is 0 Å². The van der Waals surface area contributed by atoms with Gasteiger partial charge in [0.1, 0.15) is 0 Å². The summed E-state index contributed by atoms with van der Waals surface area (Å²) in [6.45, 7) is 4.38. The molecule has 0 aliphatic heterocycles. The van der Waals surface area contributed by atoms with Gasteiger partial charge in [0.2, 0.25) is 0 Å². The van der Waals surface area contributed by atoms with Crippen molar-refractivity contribution in [3.63, 3.8) is 0 Å². The van der Waals surface area contributed by atoms with Gasteiger partial charge in [0.25, 0.3) is 0 Å². The molecule has 0 aliphatic rings. The van der Waals surface area contributed by atoms with Gasteiger partial charge in [-0.2, -0.15) is 0 Å². The van der Waals surface area contributed by atoms with E-state index in [2.05, 4.69) is 59.0 Å². The second-order valence-corrected chi connectivity index (χ2v) is 5.96. The van der Waals surface area contributed by atoms with Crippen molar-refractivity contribution in [3.05, 3.63) is 39.7 Å². The zero-order valence-electron chi connectivity index (χ0n) is 10.7. The van der Waals surface area contributed by atoms with Crippen LogP contribution in [0.5, 0.6) is 0 Å². The molecule has 94 valence electrons. The SMILES string of the molecule is CCCCCC/C(=C/Br)Sc1ccc(C)cc1. The van der Waals surface area contributed by atoms with Crippen LogP contribution in [0.25, 0.3) is 0 Å². The Bertz CT molecular complexity index is 340. The molecule has 0 spiro atoms. The third kappa shape index (κ3) is 6.32. The predicted molar refractivity (Wildman–Crippen MR) is 82.8 cm³/mol. The summed E-state index contributed by atoms with van der Waals surface area (Å²) in [6, 6.07) is 8.74. The molecule has 0 amide bonds. The van der Waals surface area contributed by atoms with E-state index in [1.165, 1.54) is 47.5 Å². The molecule has 0 N–H and O–H groups in total. The van der Waals surface area contributed by atoms with E-state index in [-0.39, 0.29) is 0 Å². The Labute approximate surface area is 118 Å². The Morgan fingerprint density at radius 1 is 1.18 bits per heavy atom. The fourth-order valence-corrected chi connectivity index (χ4v) is 2.99. The average molecular weight is 313 g/mol. The third-order valence-corrected chi connectivity index (χ3v) is 4.62. The fourth-order valence-electron chi connectivity index (χ4n) is 1.61. The van der Waals surface area contributed by atoms with E-state index < -0.39 is 0 Å². The van der Waals surface area contributed by atoms with Gasteiger partial charge in [-0.1, -0.05) is 71.6 Å². The van der Waals surface area contributed by atoms with Crippen LogP contribution in [0.3, 0.4) is 0 Å². The fraction of sp³-hybridized carbons (Fsp3) is 0.467. The summed E-state index contributed by atoms with van der Waals surface area (Å²) in [5.41, 5.74) is 1.32. The van der Waals surface area contributed by atoms with Crippen molar-refractivity contribution in [2.45, 2.75) is 50.8 Å². The topological polar surface area (TPSA) is 0 Å². The quantitative estimate of drug-likeness (QED) is 0.421. The molecular weight excluding hydrogens is 292 g/mol. The summed E-state index contributed by atoms with van der Waals surface area (Å²) in [5.74, 6) is 0. The zero-order valence-corrected chi connectivity index (χ0v) is 13.1. The minimum atomic E-state index is 1.18. The monoisotopic (exact) mass is 312 g/mol. The van der Waals surface area contributed by atoms with Crippen LogP contribution in [0.2, 0.25) is 0 Å². The average Bonchev–Trinajstić information content (AvgIpc) is 2.35. The van der Waals surface area contributed by atoms with Crippen LogP contribution in [0.1, 0.15) is 44.6 Å². The van der Waals surface area contributed by atoms with Gasteiger partial charge in [-0.05, 0) is 41.8 Å². The molecule has 1 aromatic rings. The highest BCUT2D eigenvalue weighted by Crippen LogP contribution is 2.31. The van der Waals surface area contributed by atoms with Crippen molar-refractivity contribution in [2.24, 2.45) is 0 Å². The Kier molecular flexibility index (Phi) is 7.70. The summed E-state index contributed by atoms with van der Waals surface area (Å²) >= 11 is 5.34. The van der Waals surface area contributed by atoms with Crippen molar-refractivity contribution >= 4 is 27.7 Å². The molecular formula is C15H21BrS. The molecule has 17 heavy (non-hydrogen) atoms. The number of rotatable bonds is 7. The highest BCUT2D eigenvalue weighted by atomic mass is 79.9. The van der Waals surface area contributed by atoms with Crippen LogP contribution in [-0.2, 0) is 0 Å². The summed E-state index contributed by atoms with van der Waals surface area (Å²) in [7, 11) is 0. The van der Waals surface area contributed by atoms with Crippen LogP contribution >= 0.6 is 27.7 Å². The Morgan fingerprint density at radius 3 is 2.47 bits per heavy atom. The first-order chi connectivity index (χ1) is 8.26. The molecule has 0 aromatic heterocycles. The van der Waals surface area contributed by atoms with Gasteiger partial charge in [0.15, 0.2) is 0 Å². The second-order valence-electron chi connectivity index (χ2n) is 4.30. The number of halogens is 1. The van der Waals surface area contributed by atoms with Crippen LogP contribution in [0, 0.1) is 6.92 Å². The lowest BCUT2D eigenvalue weighted by Crippen LogP contribution is -1.81. The van der Waals surface area contributed by atoms with Gasteiger partial charge in [-0.15, -0.1) is 0 Å². The predicted octanol–water partition coefficient (Wildman–Crippen LogP) is 6.29. The number of hydrogen-bond donors (Lipinski definition) is 0. The molecule has 0 bridgehead atoms. The number of allylic oxidation sites excluding steroid dienone is 1. The molecule has 0 heterocycles. The Hall–Kier alpha value is -0.210. The van der Waals surface area contributed by atoms with Crippen LogP contribution in [0.15, 0.2) is 39.1 Å². The second kappa shape index (κ2) is 8.82. The number of unbranched alkanes of at least 4 members (excludes halogenated alkanes) is 3. The maximum absolute atomic E-state index is 3.47. The van der Waals surface area contributed by atoms with E-state index in [1.54, 1.807) is 0 Å². The molecule has 0 aliphatic carbocycles. The van der Waals surface area contributed by atoms with E-state index in [4.69, 9.17) is 0 Å². The first-order valence-corrected chi connectivity index (χ1v) is 8.03. The van der Waals surface area contributed by atoms with Gasteiger partial charge in [0, 0.05) is 4.90 Å². The van der Waals surface area contributed by atoms with Crippen LogP contribution in [0.4, 0.5) is 0 Å². The number of aryl methyl sites for hydroxylation is 1. The molecule has 1 rings (SSSR count). The summed E-state index contributed by atoms with van der Waals surface area (Å²) in [4.78, 5) is 4.82. The first kappa shape index (κ1) is 14.8. The van der Waals surface area contributed by atoms with E-state index in [1.807, 2.05) is 11.8 Å². The lowest BCUT2D eigenvalue weighted by Gasteiger charge is -2.06. The molecule has 0 radical (unpaired) electrons. The molecule has 0 saturated carbocycles. The van der Waals surface area contributed by atoms with Crippen molar-refractivity contribution in [1.82, 2.24) is 0 Å². The molecule has 0 saturated heterocycles. The lowest BCUT2D eigenvalue weighted by molar-refractivity contribution is 0.672. The smallest absolute Gasteiger partial charge is 0.0119 e. The highest BCUT2D eigenvalue weighted by molar-refractivity contribution is 9.11.